The van der Waals surface area contributed by atoms with Crippen LogP contribution in [0, 0.1) is 20.8 Å². The van der Waals surface area contributed by atoms with E-state index in [-0.39, 0.29) is 56.1 Å². The molecule has 0 bridgehead atoms. The van der Waals surface area contributed by atoms with Gasteiger partial charge in [-0.3, -0.25) is 24.1 Å². The van der Waals surface area contributed by atoms with Gasteiger partial charge in [-0.15, -0.1) is 0 Å². The molecule has 0 radical (unpaired) electrons. The number of aryl methyl sites for hydroxylation is 3. The van der Waals surface area contributed by atoms with Crippen LogP contribution in [0.2, 0.25) is 0 Å². The first-order valence-corrected chi connectivity index (χ1v) is 13.7. The van der Waals surface area contributed by atoms with Crippen molar-refractivity contribution in [2.24, 2.45) is 0 Å². The number of halogens is 3. The Kier molecular flexibility index (Phi) is 6.68. The SMILES string of the molecule is Cc1ccc(C(c2ccc(N3C(=O)c4ccc(Oc5ccc6c(c5)C(=O)N(C)C6=O)cc4C3=O)cc2C)C(F)(F)F)c(C)c1. The van der Waals surface area contributed by atoms with Gasteiger partial charge < -0.3 is 4.74 Å². The van der Waals surface area contributed by atoms with Crippen molar-refractivity contribution in [2.75, 3.05) is 11.9 Å². The lowest BCUT2D eigenvalue weighted by Crippen LogP contribution is -2.29. The molecule has 2 heterocycles. The molecule has 6 rings (SSSR count). The third-order valence-corrected chi connectivity index (χ3v) is 8.04. The summed E-state index contributed by atoms with van der Waals surface area (Å²) in [4.78, 5) is 53.2. The van der Waals surface area contributed by atoms with Crippen LogP contribution in [-0.4, -0.2) is 41.8 Å². The van der Waals surface area contributed by atoms with Gasteiger partial charge in [-0.2, -0.15) is 13.2 Å². The highest BCUT2D eigenvalue weighted by atomic mass is 19.4. The highest BCUT2D eigenvalue weighted by Crippen LogP contribution is 2.44. The lowest BCUT2D eigenvalue weighted by Gasteiger charge is -2.26. The molecule has 0 spiro atoms. The van der Waals surface area contributed by atoms with Gasteiger partial charge in [0.2, 0.25) is 0 Å². The second kappa shape index (κ2) is 10.2. The molecule has 10 heteroatoms. The second-order valence-corrected chi connectivity index (χ2v) is 11.0. The average molecular weight is 599 g/mol. The van der Waals surface area contributed by atoms with Crippen LogP contribution in [0.4, 0.5) is 18.9 Å². The van der Waals surface area contributed by atoms with E-state index in [1.807, 2.05) is 6.92 Å². The summed E-state index contributed by atoms with van der Waals surface area (Å²) in [5.41, 5.74) is 2.58. The number of anilines is 1. The third kappa shape index (κ3) is 4.63. The van der Waals surface area contributed by atoms with E-state index in [2.05, 4.69) is 0 Å². The van der Waals surface area contributed by atoms with Crippen LogP contribution in [-0.2, 0) is 0 Å². The summed E-state index contributed by atoms with van der Waals surface area (Å²) in [5.74, 6) is -3.56. The average Bonchev–Trinajstić information content (AvgIpc) is 3.33. The van der Waals surface area contributed by atoms with Crippen molar-refractivity contribution in [1.29, 1.82) is 0 Å². The number of benzene rings is 4. The zero-order valence-corrected chi connectivity index (χ0v) is 24.1. The number of nitrogens with zero attached hydrogens (tertiary/aromatic N) is 2. The van der Waals surface area contributed by atoms with Crippen molar-refractivity contribution >= 4 is 29.3 Å². The summed E-state index contributed by atoms with van der Waals surface area (Å²) in [6.07, 6.45) is -4.57. The van der Waals surface area contributed by atoms with Crippen LogP contribution in [0.1, 0.15) is 75.2 Å². The normalized spacial score (nSPS) is 15.2. The van der Waals surface area contributed by atoms with Gasteiger partial charge >= 0.3 is 6.18 Å². The number of carbonyl (C=O) groups excluding carboxylic acids is 4. The predicted octanol–water partition coefficient (Wildman–Crippen LogP) is 7.12. The van der Waals surface area contributed by atoms with Gasteiger partial charge in [-0.1, -0.05) is 29.8 Å². The van der Waals surface area contributed by atoms with Gasteiger partial charge in [-0.05, 0) is 91.6 Å². The Balaban J connectivity index is 1.29. The Labute approximate surface area is 250 Å². The summed E-state index contributed by atoms with van der Waals surface area (Å²) in [6, 6.07) is 17.7. The summed E-state index contributed by atoms with van der Waals surface area (Å²) in [6.45, 7) is 4.98. The molecule has 2 aliphatic heterocycles. The van der Waals surface area contributed by atoms with Crippen molar-refractivity contribution in [3.8, 4) is 11.5 Å². The molecule has 0 saturated heterocycles. The summed E-state index contributed by atoms with van der Waals surface area (Å²) < 4.78 is 49.1. The number of imide groups is 2. The van der Waals surface area contributed by atoms with Gasteiger partial charge in [0.25, 0.3) is 23.6 Å². The quantitative estimate of drug-likeness (QED) is 0.228. The second-order valence-electron chi connectivity index (χ2n) is 11.0. The standard InChI is InChI=1S/C34H25F3N2O5/c1-17-5-9-23(18(2)13-17)29(34(35,36)37)24-10-6-20(14-19(24)3)39-32(42)26-12-8-22(16-28(26)33(39)43)44-21-7-11-25-27(15-21)31(41)38(4)30(25)40/h5-16,29H,1-4H3. The fraction of sp³-hybridized carbons (Fsp3) is 0.176. The van der Waals surface area contributed by atoms with E-state index in [0.29, 0.717) is 5.56 Å². The number of alkyl halides is 3. The molecule has 44 heavy (non-hydrogen) atoms. The predicted molar refractivity (Wildman–Crippen MR) is 156 cm³/mol. The topological polar surface area (TPSA) is 84.0 Å². The zero-order valence-electron chi connectivity index (χ0n) is 24.1. The van der Waals surface area contributed by atoms with Gasteiger partial charge in [-0.25, -0.2) is 4.90 Å². The third-order valence-electron chi connectivity index (χ3n) is 8.04. The molecule has 4 aromatic carbocycles. The Morgan fingerprint density at radius 2 is 1.11 bits per heavy atom. The van der Waals surface area contributed by atoms with Crippen LogP contribution < -0.4 is 9.64 Å². The van der Waals surface area contributed by atoms with Gasteiger partial charge in [0, 0.05) is 7.05 Å². The van der Waals surface area contributed by atoms with Crippen molar-refractivity contribution in [2.45, 2.75) is 32.9 Å². The van der Waals surface area contributed by atoms with Crippen LogP contribution in [0.15, 0.2) is 72.8 Å². The van der Waals surface area contributed by atoms with E-state index >= 15 is 0 Å². The van der Waals surface area contributed by atoms with E-state index in [4.69, 9.17) is 4.74 Å². The first-order chi connectivity index (χ1) is 20.8. The molecule has 1 unspecified atom stereocenters. The fourth-order valence-corrected chi connectivity index (χ4v) is 5.85. The number of rotatable bonds is 5. The van der Waals surface area contributed by atoms with Crippen molar-refractivity contribution in [3.63, 3.8) is 0 Å². The van der Waals surface area contributed by atoms with Crippen LogP contribution in [0.5, 0.6) is 11.5 Å². The number of ether oxygens (including phenoxy) is 1. The summed E-state index contributed by atoms with van der Waals surface area (Å²) >= 11 is 0. The van der Waals surface area contributed by atoms with Crippen LogP contribution in [0.25, 0.3) is 0 Å². The highest BCUT2D eigenvalue weighted by Gasteiger charge is 2.44. The van der Waals surface area contributed by atoms with Gasteiger partial charge in [0.05, 0.1) is 27.9 Å². The lowest BCUT2D eigenvalue weighted by atomic mass is 9.85. The molecule has 4 amide bonds. The van der Waals surface area contributed by atoms with Gasteiger partial charge in [0.15, 0.2) is 0 Å². The number of fused-ring (bicyclic) bond motifs is 2. The van der Waals surface area contributed by atoms with Crippen molar-refractivity contribution in [3.05, 3.63) is 123 Å². The Morgan fingerprint density at radius 3 is 1.68 bits per heavy atom. The van der Waals surface area contributed by atoms with Crippen LogP contribution >= 0.6 is 0 Å². The zero-order chi connectivity index (χ0) is 31.7. The lowest BCUT2D eigenvalue weighted by molar-refractivity contribution is -0.141. The molecule has 0 N–H and O–H groups in total. The van der Waals surface area contributed by atoms with E-state index in [0.717, 1.165) is 15.4 Å². The van der Waals surface area contributed by atoms with E-state index in [1.54, 1.807) is 19.1 Å². The van der Waals surface area contributed by atoms with Crippen molar-refractivity contribution in [1.82, 2.24) is 4.90 Å². The molecule has 0 saturated carbocycles. The molecule has 4 aromatic rings. The summed E-state index contributed by atoms with van der Waals surface area (Å²) in [7, 11) is 1.38. The Bertz CT molecular complexity index is 1930. The van der Waals surface area contributed by atoms with E-state index in [1.165, 1.54) is 74.6 Å². The minimum Gasteiger partial charge on any atom is -0.457 e. The molecule has 222 valence electrons. The molecule has 1 atom stereocenters. The van der Waals surface area contributed by atoms with Crippen molar-refractivity contribution < 1.29 is 37.1 Å². The number of carbonyl (C=O) groups is 4. The van der Waals surface area contributed by atoms with E-state index < -0.39 is 35.7 Å². The maximum atomic E-state index is 14.4. The first kappa shape index (κ1) is 28.9. The first-order valence-electron chi connectivity index (χ1n) is 13.7. The maximum Gasteiger partial charge on any atom is 0.399 e. The minimum absolute atomic E-state index is 0.0289. The fourth-order valence-electron chi connectivity index (χ4n) is 5.85. The summed E-state index contributed by atoms with van der Waals surface area (Å²) in [5, 5.41) is 0. The number of amides is 4. The number of hydrogen-bond donors (Lipinski definition) is 0. The molecular weight excluding hydrogens is 573 g/mol. The Morgan fingerprint density at radius 1 is 0.614 bits per heavy atom. The van der Waals surface area contributed by atoms with Crippen LogP contribution in [0.3, 0.4) is 0 Å². The monoisotopic (exact) mass is 598 g/mol. The molecular formula is C34H25F3N2O5. The minimum atomic E-state index is -4.57. The largest absolute Gasteiger partial charge is 0.457 e. The highest BCUT2D eigenvalue weighted by molar-refractivity contribution is 6.34. The van der Waals surface area contributed by atoms with Gasteiger partial charge in [0.1, 0.15) is 17.4 Å². The van der Waals surface area contributed by atoms with E-state index in [9.17, 15) is 32.3 Å². The molecule has 0 aliphatic carbocycles. The molecule has 0 aromatic heterocycles. The maximum absolute atomic E-state index is 14.4. The Hall–Kier alpha value is -5.25. The molecule has 7 nitrogen and oxygen atoms in total. The molecule has 2 aliphatic rings. The smallest absolute Gasteiger partial charge is 0.399 e. The molecule has 0 fully saturated rings. The number of hydrogen-bond acceptors (Lipinski definition) is 5.